The van der Waals surface area contributed by atoms with Crippen LogP contribution in [-0.4, -0.2) is 33.2 Å². The van der Waals surface area contributed by atoms with Crippen LogP contribution in [0.2, 0.25) is 0 Å². The molecule has 2 N–H and O–H groups in total. The standard InChI is InChI=1S/C12H15N5O/c1-8-6-14-11(9-2-5-18-7-9)12(10(8)13)17-4-3-15-16-17/h3-4,6,9H,2,5,7H2,1H3,(H2,13,14). The van der Waals surface area contributed by atoms with Crippen molar-refractivity contribution in [3.8, 4) is 5.69 Å². The zero-order valence-electron chi connectivity index (χ0n) is 10.2. The number of aryl methyl sites for hydroxylation is 1. The van der Waals surface area contributed by atoms with Gasteiger partial charge >= 0.3 is 0 Å². The molecular weight excluding hydrogens is 230 g/mol. The third-order valence-electron chi connectivity index (χ3n) is 3.29. The monoisotopic (exact) mass is 245 g/mol. The Bertz CT molecular complexity index is 546. The Morgan fingerprint density at radius 1 is 1.50 bits per heavy atom. The molecule has 1 atom stereocenters. The lowest BCUT2D eigenvalue weighted by Crippen LogP contribution is -2.12. The zero-order valence-corrected chi connectivity index (χ0v) is 10.2. The first-order valence-electron chi connectivity index (χ1n) is 5.97. The van der Waals surface area contributed by atoms with E-state index in [2.05, 4.69) is 15.3 Å². The molecule has 3 rings (SSSR count). The SMILES string of the molecule is Cc1cnc(C2CCOC2)c(-n2ccnn2)c1N. The van der Waals surface area contributed by atoms with Crippen molar-refractivity contribution in [2.45, 2.75) is 19.3 Å². The first-order valence-corrected chi connectivity index (χ1v) is 5.97. The Hall–Kier alpha value is -1.95. The molecule has 1 unspecified atom stereocenters. The Morgan fingerprint density at radius 3 is 3.06 bits per heavy atom. The molecule has 1 aliphatic heterocycles. The summed E-state index contributed by atoms with van der Waals surface area (Å²) in [5.41, 5.74) is 9.61. The molecule has 1 saturated heterocycles. The second-order valence-corrected chi connectivity index (χ2v) is 4.50. The van der Waals surface area contributed by atoms with Gasteiger partial charge in [0.05, 0.1) is 30.4 Å². The largest absolute Gasteiger partial charge is 0.397 e. The Kier molecular flexibility index (Phi) is 2.71. The van der Waals surface area contributed by atoms with Crippen LogP contribution in [0.15, 0.2) is 18.6 Å². The van der Waals surface area contributed by atoms with Crippen molar-refractivity contribution >= 4 is 5.69 Å². The highest BCUT2D eigenvalue weighted by Gasteiger charge is 2.25. The molecule has 0 saturated carbocycles. The van der Waals surface area contributed by atoms with Gasteiger partial charge in [0.1, 0.15) is 5.69 Å². The predicted octanol–water partition coefficient (Wildman–Crippen LogP) is 1.06. The van der Waals surface area contributed by atoms with Crippen LogP contribution < -0.4 is 5.73 Å². The lowest BCUT2D eigenvalue weighted by atomic mass is 10.0. The maximum absolute atomic E-state index is 6.17. The molecular formula is C12H15N5O. The van der Waals surface area contributed by atoms with E-state index < -0.39 is 0 Å². The van der Waals surface area contributed by atoms with Crippen LogP contribution in [0.5, 0.6) is 0 Å². The van der Waals surface area contributed by atoms with Gasteiger partial charge in [0.15, 0.2) is 0 Å². The van der Waals surface area contributed by atoms with Gasteiger partial charge in [-0.15, -0.1) is 5.10 Å². The quantitative estimate of drug-likeness (QED) is 0.855. The van der Waals surface area contributed by atoms with Crippen LogP contribution in [0.1, 0.15) is 23.6 Å². The van der Waals surface area contributed by atoms with Crippen LogP contribution in [-0.2, 0) is 4.74 Å². The molecule has 18 heavy (non-hydrogen) atoms. The summed E-state index contributed by atoms with van der Waals surface area (Å²) in [6.07, 6.45) is 6.20. The normalized spacial score (nSPS) is 19.3. The lowest BCUT2D eigenvalue weighted by Gasteiger charge is -2.16. The molecule has 0 amide bonds. The second-order valence-electron chi connectivity index (χ2n) is 4.50. The van der Waals surface area contributed by atoms with Gasteiger partial charge in [-0.2, -0.15) is 0 Å². The van der Waals surface area contributed by atoms with E-state index in [1.165, 1.54) is 0 Å². The van der Waals surface area contributed by atoms with Gasteiger partial charge in [-0.05, 0) is 18.9 Å². The number of anilines is 1. The molecule has 3 heterocycles. The highest BCUT2D eigenvalue weighted by molar-refractivity contribution is 5.64. The molecule has 94 valence electrons. The van der Waals surface area contributed by atoms with Gasteiger partial charge < -0.3 is 10.5 Å². The third kappa shape index (κ3) is 1.74. The average molecular weight is 245 g/mol. The number of nitrogens with zero attached hydrogens (tertiary/aromatic N) is 4. The molecule has 2 aromatic rings. The van der Waals surface area contributed by atoms with Crippen LogP contribution in [0.3, 0.4) is 0 Å². The van der Waals surface area contributed by atoms with Crippen molar-refractivity contribution in [2.75, 3.05) is 18.9 Å². The van der Waals surface area contributed by atoms with E-state index in [0.717, 1.165) is 30.0 Å². The van der Waals surface area contributed by atoms with Gasteiger partial charge in [-0.3, -0.25) is 4.98 Å². The summed E-state index contributed by atoms with van der Waals surface area (Å²) in [4.78, 5) is 4.53. The molecule has 0 aliphatic carbocycles. The van der Waals surface area contributed by atoms with E-state index in [-0.39, 0.29) is 5.92 Å². The first-order chi connectivity index (χ1) is 8.77. The van der Waals surface area contributed by atoms with E-state index in [1.54, 1.807) is 17.1 Å². The van der Waals surface area contributed by atoms with Crippen LogP contribution in [0.4, 0.5) is 5.69 Å². The van der Waals surface area contributed by atoms with Crippen molar-refractivity contribution in [1.29, 1.82) is 0 Å². The Balaban J connectivity index is 2.16. The number of aromatic nitrogens is 4. The molecule has 2 aromatic heterocycles. The van der Waals surface area contributed by atoms with E-state index in [9.17, 15) is 0 Å². The van der Waals surface area contributed by atoms with Gasteiger partial charge in [0.2, 0.25) is 0 Å². The van der Waals surface area contributed by atoms with E-state index in [1.807, 2.05) is 13.1 Å². The topological polar surface area (TPSA) is 78.8 Å². The summed E-state index contributed by atoms with van der Waals surface area (Å²) in [6, 6.07) is 0. The van der Waals surface area contributed by atoms with Gasteiger partial charge in [0.25, 0.3) is 0 Å². The van der Waals surface area contributed by atoms with E-state index in [0.29, 0.717) is 12.3 Å². The highest BCUT2D eigenvalue weighted by Crippen LogP contribution is 2.32. The zero-order chi connectivity index (χ0) is 12.5. The number of hydrogen-bond donors (Lipinski definition) is 1. The number of nitrogen functional groups attached to an aromatic ring is 1. The van der Waals surface area contributed by atoms with Crippen molar-refractivity contribution < 1.29 is 4.74 Å². The van der Waals surface area contributed by atoms with Crippen molar-refractivity contribution in [2.24, 2.45) is 0 Å². The smallest absolute Gasteiger partial charge is 0.111 e. The number of nitrogens with two attached hydrogens (primary N) is 1. The fraction of sp³-hybridized carbons (Fsp3) is 0.417. The van der Waals surface area contributed by atoms with Crippen LogP contribution in [0, 0.1) is 6.92 Å². The summed E-state index contributed by atoms with van der Waals surface area (Å²) >= 11 is 0. The average Bonchev–Trinajstić information content (AvgIpc) is 3.03. The second kappa shape index (κ2) is 4.38. The first kappa shape index (κ1) is 11.2. The molecule has 1 aliphatic rings. The van der Waals surface area contributed by atoms with Crippen molar-refractivity contribution in [3.05, 3.63) is 29.8 Å². The van der Waals surface area contributed by atoms with Crippen molar-refractivity contribution in [3.63, 3.8) is 0 Å². The molecule has 0 aromatic carbocycles. The van der Waals surface area contributed by atoms with Gasteiger partial charge in [-0.25, -0.2) is 4.68 Å². The Labute approximate surface area is 105 Å². The molecule has 0 bridgehead atoms. The maximum atomic E-state index is 6.17. The maximum Gasteiger partial charge on any atom is 0.111 e. The minimum atomic E-state index is 0.284. The molecule has 1 fully saturated rings. The summed E-state index contributed by atoms with van der Waals surface area (Å²) in [7, 11) is 0. The third-order valence-corrected chi connectivity index (χ3v) is 3.29. The van der Waals surface area contributed by atoms with Gasteiger partial charge in [0, 0.05) is 18.7 Å². The van der Waals surface area contributed by atoms with E-state index >= 15 is 0 Å². The predicted molar refractivity (Wildman–Crippen MR) is 66.5 cm³/mol. The molecule has 0 spiro atoms. The summed E-state index contributed by atoms with van der Waals surface area (Å²) in [5, 5.41) is 7.86. The lowest BCUT2D eigenvalue weighted by molar-refractivity contribution is 0.193. The van der Waals surface area contributed by atoms with Gasteiger partial charge in [-0.1, -0.05) is 5.21 Å². The minimum absolute atomic E-state index is 0.284. The highest BCUT2D eigenvalue weighted by atomic mass is 16.5. The fourth-order valence-electron chi connectivity index (χ4n) is 2.24. The minimum Gasteiger partial charge on any atom is -0.397 e. The molecule has 0 radical (unpaired) electrons. The summed E-state index contributed by atoms with van der Waals surface area (Å²) in [6.45, 7) is 3.41. The fourth-order valence-corrected chi connectivity index (χ4v) is 2.24. The number of hydrogen-bond acceptors (Lipinski definition) is 5. The number of ether oxygens (including phenoxy) is 1. The van der Waals surface area contributed by atoms with Crippen LogP contribution >= 0.6 is 0 Å². The summed E-state index contributed by atoms with van der Waals surface area (Å²) < 4.78 is 7.11. The molecule has 6 nitrogen and oxygen atoms in total. The summed E-state index contributed by atoms with van der Waals surface area (Å²) in [5.74, 6) is 0.284. The van der Waals surface area contributed by atoms with E-state index in [4.69, 9.17) is 10.5 Å². The number of rotatable bonds is 2. The molecule has 6 heteroatoms. The Morgan fingerprint density at radius 2 is 2.39 bits per heavy atom. The van der Waals surface area contributed by atoms with Crippen LogP contribution in [0.25, 0.3) is 5.69 Å². The number of pyridine rings is 1. The van der Waals surface area contributed by atoms with Crippen molar-refractivity contribution in [1.82, 2.24) is 20.0 Å².